The fourth-order valence-corrected chi connectivity index (χ4v) is 3.61. The maximum absolute atomic E-state index is 10.8. The minimum atomic E-state index is -0.392. The van der Waals surface area contributed by atoms with Crippen molar-refractivity contribution >= 4 is 35.6 Å². The quantitative estimate of drug-likeness (QED) is 0.185. The van der Waals surface area contributed by atoms with Crippen LogP contribution in [-0.2, 0) is 13.1 Å². The average molecular weight is 555 g/mol. The number of benzene rings is 2. The molecule has 32 heavy (non-hydrogen) atoms. The van der Waals surface area contributed by atoms with Crippen molar-refractivity contribution in [2.24, 2.45) is 4.99 Å². The van der Waals surface area contributed by atoms with Crippen LogP contribution >= 0.6 is 24.0 Å². The lowest BCUT2D eigenvalue weighted by Crippen LogP contribution is -2.52. The van der Waals surface area contributed by atoms with Gasteiger partial charge in [0, 0.05) is 64.0 Å². The van der Waals surface area contributed by atoms with E-state index in [9.17, 15) is 10.1 Å². The summed E-state index contributed by atoms with van der Waals surface area (Å²) in [6.45, 7) is 4.87. The molecule has 0 aromatic heterocycles. The minimum absolute atomic E-state index is 0. The normalized spacial score (nSPS) is 14.5. The van der Waals surface area contributed by atoms with E-state index in [0.717, 1.165) is 61.3 Å². The third-order valence-corrected chi connectivity index (χ3v) is 5.36. The zero-order chi connectivity index (χ0) is 22.2. The van der Waals surface area contributed by atoms with Crippen molar-refractivity contribution < 1.29 is 14.4 Å². The Morgan fingerprint density at radius 1 is 1.09 bits per heavy atom. The molecule has 10 heteroatoms. The molecule has 0 aliphatic carbocycles. The van der Waals surface area contributed by atoms with E-state index in [0.29, 0.717) is 6.54 Å². The molecule has 0 spiro atoms. The fourth-order valence-electron chi connectivity index (χ4n) is 3.61. The summed E-state index contributed by atoms with van der Waals surface area (Å²) in [6.07, 6.45) is 0. The Hall–Kier alpha value is -2.60. The van der Waals surface area contributed by atoms with Crippen LogP contribution in [0.5, 0.6) is 11.5 Å². The van der Waals surface area contributed by atoms with Crippen LogP contribution in [0.2, 0.25) is 0 Å². The van der Waals surface area contributed by atoms with E-state index < -0.39 is 4.92 Å². The highest BCUT2D eigenvalue weighted by molar-refractivity contribution is 14.0. The maximum atomic E-state index is 10.8. The van der Waals surface area contributed by atoms with E-state index in [1.165, 1.54) is 12.1 Å². The first-order chi connectivity index (χ1) is 15.0. The highest BCUT2D eigenvalue weighted by Gasteiger charge is 2.21. The van der Waals surface area contributed by atoms with Crippen molar-refractivity contribution in [3.8, 4) is 11.5 Å². The molecule has 0 amide bonds. The van der Waals surface area contributed by atoms with Gasteiger partial charge in [-0.2, -0.15) is 0 Å². The third-order valence-electron chi connectivity index (χ3n) is 5.36. The number of halogens is 1. The molecule has 174 valence electrons. The predicted octanol–water partition coefficient (Wildman–Crippen LogP) is 3.12. The van der Waals surface area contributed by atoms with E-state index in [1.807, 2.05) is 18.2 Å². The van der Waals surface area contributed by atoms with Crippen LogP contribution in [-0.4, -0.2) is 68.1 Å². The second kappa shape index (κ2) is 12.4. The Labute approximate surface area is 205 Å². The number of guanidine groups is 1. The number of ether oxygens (including phenoxy) is 2. The summed E-state index contributed by atoms with van der Waals surface area (Å²) in [4.78, 5) is 19.4. The number of hydrogen-bond donors (Lipinski definition) is 1. The number of piperazine rings is 1. The second-order valence-corrected chi connectivity index (χ2v) is 7.27. The zero-order valence-corrected chi connectivity index (χ0v) is 20.9. The van der Waals surface area contributed by atoms with Gasteiger partial charge in [0.1, 0.15) is 11.5 Å². The molecule has 9 nitrogen and oxygen atoms in total. The molecule has 1 heterocycles. The average Bonchev–Trinajstić information content (AvgIpc) is 2.80. The monoisotopic (exact) mass is 555 g/mol. The van der Waals surface area contributed by atoms with E-state index in [1.54, 1.807) is 33.4 Å². The summed E-state index contributed by atoms with van der Waals surface area (Å²) >= 11 is 0. The number of nitro benzene ring substituents is 1. The molecule has 1 N–H and O–H groups in total. The molecule has 0 saturated carbocycles. The van der Waals surface area contributed by atoms with E-state index in [4.69, 9.17) is 9.47 Å². The van der Waals surface area contributed by atoms with Crippen LogP contribution in [0.4, 0.5) is 5.69 Å². The number of nitrogens with zero attached hydrogens (tertiary/aromatic N) is 4. The van der Waals surface area contributed by atoms with Gasteiger partial charge in [-0.1, -0.05) is 12.1 Å². The zero-order valence-electron chi connectivity index (χ0n) is 18.6. The lowest BCUT2D eigenvalue weighted by molar-refractivity contribution is -0.384. The first kappa shape index (κ1) is 25.7. The molecular weight excluding hydrogens is 525 g/mol. The summed E-state index contributed by atoms with van der Waals surface area (Å²) in [5.74, 6) is 2.52. The number of nitrogens with one attached hydrogen (secondary N) is 1. The number of nitro groups is 1. The number of methoxy groups -OCH3 is 2. The van der Waals surface area contributed by atoms with Gasteiger partial charge in [0.15, 0.2) is 5.96 Å². The molecule has 1 aliphatic heterocycles. The topological polar surface area (TPSA) is 92.5 Å². The lowest BCUT2D eigenvalue weighted by atomic mass is 10.1. The lowest BCUT2D eigenvalue weighted by Gasteiger charge is -2.36. The van der Waals surface area contributed by atoms with Gasteiger partial charge in [0.25, 0.3) is 5.69 Å². The van der Waals surface area contributed by atoms with Crippen LogP contribution in [0.25, 0.3) is 0 Å². The highest BCUT2D eigenvalue weighted by Crippen LogP contribution is 2.25. The van der Waals surface area contributed by atoms with Gasteiger partial charge in [-0.15, -0.1) is 24.0 Å². The molecular formula is C22H30IN5O4. The van der Waals surface area contributed by atoms with Gasteiger partial charge >= 0.3 is 0 Å². The summed E-state index contributed by atoms with van der Waals surface area (Å²) < 4.78 is 10.8. The Morgan fingerprint density at radius 3 is 2.34 bits per heavy atom. The third kappa shape index (κ3) is 6.70. The van der Waals surface area contributed by atoms with Crippen molar-refractivity contribution in [2.75, 3.05) is 47.4 Å². The van der Waals surface area contributed by atoms with Gasteiger partial charge in [-0.3, -0.25) is 20.0 Å². The van der Waals surface area contributed by atoms with Gasteiger partial charge in [-0.25, -0.2) is 0 Å². The molecule has 1 saturated heterocycles. The smallest absolute Gasteiger partial charge is 0.269 e. The summed E-state index contributed by atoms with van der Waals surface area (Å²) in [6, 6.07) is 12.4. The van der Waals surface area contributed by atoms with Crippen molar-refractivity contribution in [2.45, 2.75) is 13.1 Å². The minimum Gasteiger partial charge on any atom is -0.497 e. The van der Waals surface area contributed by atoms with Crippen LogP contribution in [0, 0.1) is 10.1 Å². The van der Waals surface area contributed by atoms with E-state index >= 15 is 0 Å². The summed E-state index contributed by atoms with van der Waals surface area (Å²) in [5.41, 5.74) is 2.17. The Kier molecular flexibility index (Phi) is 9.97. The molecule has 1 aliphatic rings. The standard InChI is InChI=1S/C22H29N5O4.HI/c1-23-22(24-15-17-4-6-19(7-5-17)27(28)29)26-12-10-25(11-13-26)16-18-14-20(30-2)8-9-21(18)31-3;/h4-9,14H,10-13,15-16H2,1-3H3,(H,23,24);1H. The maximum Gasteiger partial charge on any atom is 0.269 e. The van der Waals surface area contributed by atoms with Gasteiger partial charge in [0.2, 0.25) is 0 Å². The number of aliphatic imine (C=N–C) groups is 1. The molecule has 0 radical (unpaired) electrons. The molecule has 3 rings (SSSR count). The van der Waals surface area contributed by atoms with Crippen LogP contribution in [0.15, 0.2) is 47.5 Å². The van der Waals surface area contributed by atoms with Crippen molar-refractivity contribution in [3.05, 3.63) is 63.7 Å². The van der Waals surface area contributed by atoms with Crippen LogP contribution < -0.4 is 14.8 Å². The van der Waals surface area contributed by atoms with E-state index in [2.05, 4.69) is 20.1 Å². The van der Waals surface area contributed by atoms with Gasteiger partial charge in [-0.05, 0) is 23.8 Å². The Bertz CT molecular complexity index is 915. The van der Waals surface area contributed by atoms with Gasteiger partial charge < -0.3 is 19.7 Å². The largest absolute Gasteiger partial charge is 0.497 e. The first-order valence-corrected chi connectivity index (χ1v) is 10.2. The molecule has 0 bridgehead atoms. The van der Waals surface area contributed by atoms with Crippen molar-refractivity contribution in [1.82, 2.24) is 15.1 Å². The molecule has 0 unspecified atom stereocenters. The van der Waals surface area contributed by atoms with Gasteiger partial charge in [0.05, 0.1) is 19.1 Å². The number of non-ortho nitro benzene ring substituents is 1. The first-order valence-electron chi connectivity index (χ1n) is 10.2. The van der Waals surface area contributed by atoms with Crippen molar-refractivity contribution in [3.63, 3.8) is 0 Å². The molecule has 2 aromatic carbocycles. The van der Waals surface area contributed by atoms with Crippen molar-refractivity contribution in [1.29, 1.82) is 0 Å². The Morgan fingerprint density at radius 2 is 1.78 bits per heavy atom. The summed E-state index contributed by atoms with van der Waals surface area (Å²) in [5, 5.41) is 14.1. The molecule has 2 aromatic rings. The van der Waals surface area contributed by atoms with E-state index in [-0.39, 0.29) is 29.7 Å². The second-order valence-electron chi connectivity index (χ2n) is 7.27. The number of rotatable bonds is 7. The Balaban J connectivity index is 0.00000363. The molecule has 0 atom stereocenters. The fraction of sp³-hybridized carbons (Fsp3) is 0.409. The highest BCUT2D eigenvalue weighted by atomic mass is 127. The number of hydrogen-bond acceptors (Lipinski definition) is 6. The SMILES string of the molecule is CN=C(NCc1ccc([N+](=O)[O-])cc1)N1CCN(Cc2cc(OC)ccc2OC)CC1.I. The van der Waals surface area contributed by atoms with Crippen LogP contribution in [0.1, 0.15) is 11.1 Å². The summed E-state index contributed by atoms with van der Waals surface area (Å²) in [7, 11) is 5.12. The molecule has 1 fully saturated rings. The van der Waals surface area contributed by atoms with Crippen LogP contribution in [0.3, 0.4) is 0 Å². The predicted molar refractivity (Wildman–Crippen MR) is 135 cm³/mol.